The molecule has 0 amide bonds. The Morgan fingerprint density at radius 3 is 1.43 bits per heavy atom. The molecule has 0 aromatic carbocycles. The number of likely N-dealkylation sites (N-methyl/N-ethyl adjacent to an activating group) is 1. The van der Waals surface area contributed by atoms with Crippen LogP contribution in [0.3, 0.4) is 0 Å². The summed E-state index contributed by atoms with van der Waals surface area (Å²) in [5.74, 6) is 0. The van der Waals surface area contributed by atoms with Crippen LogP contribution in [0, 0.1) is 0 Å². The highest BCUT2D eigenvalue weighted by Crippen LogP contribution is 1.93. The third-order valence-corrected chi connectivity index (χ3v) is 1.52. The van der Waals surface area contributed by atoms with Gasteiger partial charge in [-0.25, -0.2) is 0 Å². The lowest BCUT2D eigenvalue weighted by atomic mass is 10.1. The molecule has 6 heteroatoms. The fraction of sp³-hybridized carbons (Fsp3) is 1.00. The molecule has 0 rings (SSSR count). The Morgan fingerprint density at radius 1 is 1.07 bits per heavy atom. The maximum Gasteiger partial charge on any atom is 0.0856 e. The van der Waals surface area contributed by atoms with Crippen LogP contribution in [-0.2, 0) is 0 Å². The van der Waals surface area contributed by atoms with E-state index in [9.17, 15) is 0 Å². The average molecular weight is 209 g/mol. The summed E-state index contributed by atoms with van der Waals surface area (Å²) in [6.07, 6.45) is 0. The van der Waals surface area contributed by atoms with Crippen molar-refractivity contribution in [3.63, 3.8) is 0 Å². The summed E-state index contributed by atoms with van der Waals surface area (Å²) in [5, 5.41) is 25.0. The minimum absolute atomic E-state index is 0.403. The van der Waals surface area contributed by atoms with Gasteiger partial charge >= 0.3 is 0 Å². The molecule has 0 aliphatic carbocycles. The molecule has 7 N–H and O–H groups in total. The van der Waals surface area contributed by atoms with Crippen molar-refractivity contribution in [3.05, 3.63) is 0 Å². The van der Waals surface area contributed by atoms with Gasteiger partial charge in [-0.3, -0.25) is 0 Å². The number of aliphatic hydroxyl groups excluding tert-OH is 3. The SMILES string of the molecule is CN(C)CCN.NC(CO)(CO)CO. The smallest absolute Gasteiger partial charge is 0.0856 e. The Balaban J connectivity index is 0. The van der Waals surface area contributed by atoms with Gasteiger partial charge in [-0.15, -0.1) is 0 Å². The zero-order valence-corrected chi connectivity index (χ0v) is 8.98. The van der Waals surface area contributed by atoms with Crippen molar-refractivity contribution in [2.24, 2.45) is 11.5 Å². The summed E-state index contributed by atoms with van der Waals surface area (Å²) in [5.41, 5.74) is 9.13. The van der Waals surface area contributed by atoms with Crippen LogP contribution in [-0.4, -0.2) is 72.8 Å². The minimum atomic E-state index is -1.21. The van der Waals surface area contributed by atoms with Crippen LogP contribution in [0.15, 0.2) is 0 Å². The van der Waals surface area contributed by atoms with E-state index in [2.05, 4.69) is 4.90 Å². The second-order valence-electron chi connectivity index (χ2n) is 3.43. The molecule has 0 atom stereocenters. The molecule has 0 unspecified atom stereocenters. The normalized spacial score (nSPS) is 11.1. The summed E-state index contributed by atoms with van der Waals surface area (Å²) >= 11 is 0. The molecule has 0 saturated carbocycles. The van der Waals surface area contributed by atoms with Crippen LogP contribution in [0.5, 0.6) is 0 Å². The predicted molar refractivity (Wildman–Crippen MR) is 55.8 cm³/mol. The Labute approximate surface area is 85.1 Å². The van der Waals surface area contributed by atoms with E-state index in [1.54, 1.807) is 0 Å². The predicted octanol–water partition coefficient (Wildman–Crippen LogP) is -2.83. The molecule has 0 fully saturated rings. The first-order valence-electron chi connectivity index (χ1n) is 4.42. The van der Waals surface area contributed by atoms with Crippen molar-refractivity contribution in [3.8, 4) is 0 Å². The maximum absolute atomic E-state index is 8.34. The fourth-order valence-corrected chi connectivity index (χ4v) is 0.408. The van der Waals surface area contributed by atoms with Crippen LogP contribution in [0.25, 0.3) is 0 Å². The van der Waals surface area contributed by atoms with Gasteiger partial charge in [-0.05, 0) is 14.1 Å². The second-order valence-corrected chi connectivity index (χ2v) is 3.43. The highest BCUT2D eigenvalue weighted by molar-refractivity contribution is 4.80. The standard InChI is InChI=1S/C4H12N2.C4H11NO3/c1-6(2)4-3-5;5-4(1-6,2-7)3-8/h3-5H2,1-2H3;6-8H,1-3,5H2. The highest BCUT2D eigenvalue weighted by atomic mass is 16.3. The lowest BCUT2D eigenvalue weighted by Gasteiger charge is -2.20. The summed E-state index contributed by atoms with van der Waals surface area (Å²) in [6.45, 7) is 0.535. The van der Waals surface area contributed by atoms with E-state index in [0.29, 0.717) is 0 Å². The first kappa shape index (κ1) is 16.2. The fourth-order valence-electron chi connectivity index (χ4n) is 0.408. The quantitative estimate of drug-likeness (QED) is 0.333. The van der Waals surface area contributed by atoms with Gasteiger partial charge < -0.3 is 31.7 Å². The van der Waals surface area contributed by atoms with E-state index in [1.165, 1.54) is 0 Å². The molecule has 0 saturated heterocycles. The van der Waals surface area contributed by atoms with Crippen molar-refractivity contribution < 1.29 is 15.3 Å². The Morgan fingerprint density at radius 2 is 1.43 bits per heavy atom. The van der Waals surface area contributed by atoms with Gasteiger partial charge in [0.2, 0.25) is 0 Å². The summed E-state index contributed by atoms with van der Waals surface area (Å²) in [6, 6.07) is 0. The van der Waals surface area contributed by atoms with E-state index < -0.39 is 25.4 Å². The van der Waals surface area contributed by atoms with Gasteiger partial charge in [0.1, 0.15) is 0 Å². The van der Waals surface area contributed by atoms with E-state index in [4.69, 9.17) is 26.8 Å². The number of aliphatic hydroxyl groups is 3. The molecule has 14 heavy (non-hydrogen) atoms. The summed E-state index contributed by atoms with van der Waals surface area (Å²) in [7, 11) is 4.01. The van der Waals surface area contributed by atoms with Crippen molar-refractivity contribution in [2.45, 2.75) is 5.54 Å². The van der Waals surface area contributed by atoms with Crippen LogP contribution in [0.4, 0.5) is 0 Å². The highest BCUT2D eigenvalue weighted by Gasteiger charge is 2.20. The molecular formula is C8H23N3O3. The first-order valence-corrected chi connectivity index (χ1v) is 4.42. The zero-order valence-electron chi connectivity index (χ0n) is 8.98. The summed E-state index contributed by atoms with van der Waals surface area (Å²) < 4.78 is 0. The van der Waals surface area contributed by atoms with Crippen LogP contribution < -0.4 is 11.5 Å². The number of nitrogens with two attached hydrogens (primary N) is 2. The second kappa shape index (κ2) is 9.32. The molecule has 0 radical (unpaired) electrons. The molecule has 0 aromatic rings. The van der Waals surface area contributed by atoms with Crippen molar-refractivity contribution >= 4 is 0 Å². The third kappa shape index (κ3) is 9.85. The Bertz CT molecular complexity index is 110. The third-order valence-electron chi connectivity index (χ3n) is 1.52. The molecule has 0 aromatic heterocycles. The van der Waals surface area contributed by atoms with E-state index in [-0.39, 0.29) is 0 Å². The Hall–Kier alpha value is -0.240. The number of nitrogens with zero attached hydrogens (tertiary/aromatic N) is 1. The topological polar surface area (TPSA) is 116 Å². The van der Waals surface area contributed by atoms with Gasteiger partial charge in [0.15, 0.2) is 0 Å². The van der Waals surface area contributed by atoms with Crippen molar-refractivity contribution in [2.75, 3.05) is 47.0 Å². The van der Waals surface area contributed by atoms with Gasteiger partial charge in [0, 0.05) is 13.1 Å². The number of hydrogen-bond donors (Lipinski definition) is 5. The van der Waals surface area contributed by atoms with E-state index in [1.807, 2.05) is 14.1 Å². The molecular weight excluding hydrogens is 186 g/mol. The Kier molecular flexibility index (Phi) is 10.8. The maximum atomic E-state index is 8.34. The van der Waals surface area contributed by atoms with E-state index >= 15 is 0 Å². The number of hydrogen-bond acceptors (Lipinski definition) is 6. The van der Waals surface area contributed by atoms with Gasteiger partial charge in [0.05, 0.1) is 25.4 Å². The van der Waals surface area contributed by atoms with Crippen LogP contribution >= 0.6 is 0 Å². The van der Waals surface area contributed by atoms with Crippen LogP contribution in [0.2, 0.25) is 0 Å². The minimum Gasteiger partial charge on any atom is -0.394 e. The van der Waals surface area contributed by atoms with Gasteiger partial charge in [-0.1, -0.05) is 0 Å². The lowest BCUT2D eigenvalue weighted by Crippen LogP contribution is -2.50. The molecule has 0 spiro atoms. The van der Waals surface area contributed by atoms with Crippen molar-refractivity contribution in [1.82, 2.24) is 4.90 Å². The monoisotopic (exact) mass is 209 g/mol. The average Bonchev–Trinajstić information content (AvgIpc) is 2.17. The lowest BCUT2D eigenvalue weighted by molar-refractivity contribution is 0.0698. The van der Waals surface area contributed by atoms with Gasteiger partial charge in [0.25, 0.3) is 0 Å². The molecule has 0 heterocycles. The molecule has 0 aliphatic heterocycles. The van der Waals surface area contributed by atoms with Crippen molar-refractivity contribution in [1.29, 1.82) is 0 Å². The van der Waals surface area contributed by atoms with Crippen LogP contribution in [0.1, 0.15) is 0 Å². The molecule has 0 aliphatic rings. The molecule has 88 valence electrons. The summed E-state index contributed by atoms with van der Waals surface area (Å²) in [4.78, 5) is 2.06. The van der Waals surface area contributed by atoms with Gasteiger partial charge in [-0.2, -0.15) is 0 Å². The first-order chi connectivity index (χ1) is 6.45. The molecule has 0 bridgehead atoms. The zero-order chi connectivity index (χ0) is 11.6. The largest absolute Gasteiger partial charge is 0.394 e. The number of rotatable bonds is 5. The molecule has 6 nitrogen and oxygen atoms in total. The van der Waals surface area contributed by atoms with E-state index in [0.717, 1.165) is 13.1 Å².